The van der Waals surface area contributed by atoms with Crippen LogP contribution in [0.15, 0.2) is 73.1 Å². The number of nitrogens with one attached hydrogen (secondary N) is 1. The lowest BCUT2D eigenvalue weighted by Crippen LogP contribution is -2.42. The third-order valence-electron chi connectivity index (χ3n) is 6.27. The lowest BCUT2D eigenvalue weighted by Gasteiger charge is -2.27. The molecule has 1 aliphatic heterocycles. The number of fused-ring (bicyclic) bond motifs is 1. The van der Waals surface area contributed by atoms with Crippen LogP contribution in [0.1, 0.15) is 21.5 Å². The van der Waals surface area contributed by atoms with Crippen LogP contribution in [0.25, 0.3) is 22.2 Å². The van der Waals surface area contributed by atoms with Crippen LogP contribution in [-0.4, -0.2) is 53.7 Å². The van der Waals surface area contributed by atoms with Gasteiger partial charge in [-0.1, -0.05) is 36.4 Å². The van der Waals surface area contributed by atoms with Crippen LogP contribution in [0, 0.1) is 0 Å². The lowest BCUT2D eigenvalue weighted by molar-refractivity contribution is 0.0600. The van der Waals surface area contributed by atoms with Crippen molar-refractivity contribution >= 4 is 29.4 Å². The summed E-state index contributed by atoms with van der Waals surface area (Å²) in [7, 11) is 1.39. The number of hydrogen-bond acceptors (Lipinski definition) is 5. The van der Waals surface area contributed by atoms with Gasteiger partial charge in [0.1, 0.15) is 5.65 Å². The average molecular weight is 477 g/mol. The molecule has 5 rings (SSSR count). The van der Waals surface area contributed by atoms with Crippen molar-refractivity contribution in [2.24, 2.45) is 0 Å². The Morgan fingerprint density at radius 1 is 0.941 bits per heavy atom. The molecule has 0 bridgehead atoms. The Labute approximate surface area is 206 Å². The number of carbonyl (C=O) groups is 1. The van der Waals surface area contributed by atoms with E-state index in [1.807, 2.05) is 18.3 Å². The third kappa shape index (κ3) is 5.14. The summed E-state index contributed by atoms with van der Waals surface area (Å²) in [5, 5.41) is 4.54. The minimum atomic E-state index is -0.321. The van der Waals surface area contributed by atoms with Crippen molar-refractivity contribution in [1.82, 2.24) is 19.8 Å². The van der Waals surface area contributed by atoms with E-state index >= 15 is 0 Å². The van der Waals surface area contributed by atoms with Crippen LogP contribution >= 0.6 is 12.4 Å². The monoisotopic (exact) mass is 476 g/mol. The Morgan fingerprint density at radius 2 is 1.62 bits per heavy atom. The number of piperazine rings is 1. The molecule has 0 amide bonds. The highest BCUT2D eigenvalue weighted by Gasteiger charge is 2.12. The van der Waals surface area contributed by atoms with Gasteiger partial charge in [0.15, 0.2) is 0 Å². The van der Waals surface area contributed by atoms with Gasteiger partial charge in [0.05, 0.1) is 12.7 Å². The van der Waals surface area contributed by atoms with Crippen molar-refractivity contribution in [2.45, 2.75) is 13.1 Å². The lowest BCUT2D eigenvalue weighted by atomic mass is 10.0. The summed E-state index contributed by atoms with van der Waals surface area (Å²) < 4.78 is 6.92. The topological polar surface area (TPSA) is 59.4 Å². The Morgan fingerprint density at radius 3 is 2.32 bits per heavy atom. The van der Waals surface area contributed by atoms with Crippen molar-refractivity contribution in [3.63, 3.8) is 0 Å². The number of methoxy groups -OCH3 is 1. The molecule has 2 aromatic carbocycles. The van der Waals surface area contributed by atoms with E-state index in [0.717, 1.165) is 49.3 Å². The molecule has 34 heavy (non-hydrogen) atoms. The Balaban J connectivity index is 0.00000274. The molecule has 176 valence electrons. The highest BCUT2D eigenvalue weighted by Crippen LogP contribution is 2.29. The fraction of sp³-hybridized carbons (Fsp3) is 0.259. The normalized spacial score (nSPS) is 14.0. The fourth-order valence-corrected chi connectivity index (χ4v) is 4.45. The molecule has 0 aliphatic carbocycles. The minimum absolute atomic E-state index is 0. The van der Waals surface area contributed by atoms with Crippen molar-refractivity contribution in [3.05, 3.63) is 89.7 Å². The van der Waals surface area contributed by atoms with Gasteiger partial charge in [0.25, 0.3) is 0 Å². The molecule has 0 atom stereocenters. The number of rotatable bonds is 6. The Bertz CT molecular complexity index is 1250. The molecular weight excluding hydrogens is 448 g/mol. The maximum Gasteiger partial charge on any atom is 0.337 e. The molecule has 4 aromatic rings. The number of benzene rings is 2. The first-order valence-corrected chi connectivity index (χ1v) is 11.3. The first-order chi connectivity index (χ1) is 16.2. The largest absolute Gasteiger partial charge is 0.465 e. The van der Waals surface area contributed by atoms with Gasteiger partial charge in [-0.3, -0.25) is 4.90 Å². The average Bonchev–Trinajstić information content (AvgIpc) is 3.28. The third-order valence-corrected chi connectivity index (χ3v) is 6.27. The fourth-order valence-electron chi connectivity index (χ4n) is 4.45. The number of halogens is 1. The molecule has 2 aromatic heterocycles. The SMILES string of the molecule is COC(=O)c1ccc(Cn2ccc3c(-c4ccc(CN5CCNCC5)cc4)ccnc32)cc1.Cl. The van der Waals surface area contributed by atoms with Crippen molar-refractivity contribution < 1.29 is 9.53 Å². The summed E-state index contributed by atoms with van der Waals surface area (Å²) >= 11 is 0. The number of hydrogen-bond donors (Lipinski definition) is 1. The second-order valence-electron chi connectivity index (χ2n) is 8.45. The molecule has 1 saturated heterocycles. The summed E-state index contributed by atoms with van der Waals surface area (Å²) in [5.74, 6) is -0.321. The smallest absolute Gasteiger partial charge is 0.337 e. The van der Waals surface area contributed by atoms with Crippen LogP contribution < -0.4 is 5.32 Å². The Hall–Kier alpha value is -3.19. The van der Waals surface area contributed by atoms with Gasteiger partial charge in [-0.05, 0) is 46.5 Å². The molecule has 0 radical (unpaired) electrons. The molecule has 7 heteroatoms. The van der Waals surface area contributed by atoms with Gasteiger partial charge in [0, 0.05) is 57.0 Å². The van der Waals surface area contributed by atoms with E-state index in [2.05, 4.69) is 62.4 Å². The van der Waals surface area contributed by atoms with E-state index in [4.69, 9.17) is 4.74 Å². The zero-order chi connectivity index (χ0) is 22.6. The highest BCUT2D eigenvalue weighted by atomic mass is 35.5. The number of nitrogens with zero attached hydrogens (tertiary/aromatic N) is 3. The summed E-state index contributed by atoms with van der Waals surface area (Å²) in [6, 6.07) is 20.6. The van der Waals surface area contributed by atoms with Gasteiger partial charge < -0.3 is 14.6 Å². The molecule has 0 spiro atoms. The predicted molar refractivity (Wildman–Crippen MR) is 137 cm³/mol. The summed E-state index contributed by atoms with van der Waals surface area (Å²) in [6.45, 7) is 6.03. The van der Waals surface area contributed by atoms with Crippen LogP contribution in [0.2, 0.25) is 0 Å². The van der Waals surface area contributed by atoms with Gasteiger partial charge in [0.2, 0.25) is 0 Å². The number of aromatic nitrogens is 2. The van der Waals surface area contributed by atoms with E-state index in [9.17, 15) is 4.79 Å². The zero-order valence-electron chi connectivity index (χ0n) is 19.2. The van der Waals surface area contributed by atoms with Gasteiger partial charge in [-0.15, -0.1) is 12.4 Å². The molecule has 6 nitrogen and oxygen atoms in total. The molecule has 0 saturated carbocycles. The van der Waals surface area contributed by atoms with E-state index in [1.165, 1.54) is 23.8 Å². The van der Waals surface area contributed by atoms with Crippen LogP contribution in [0.4, 0.5) is 0 Å². The molecular formula is C27H29ClN4O2. The molecule has 3 heterocycles. The highest BCUT2D eigenvalue weighted by molar-refractivity contribution is 5.93. The second kappa shape index (κ2) is 10.8. The summed E-state index contributed by atoms with van der Waals surface area (Å²) in [5.41, 5.74) is 6.34. The summed E-state index contributed by atoms with van der Waals surface area (Å²) in [6.07, 6.45) is 3.96. The Kier molecular flexibility index (Phi) is 7.63. The maximum absolute atomic E-state index is 11.7. The van der Waals surface area contributed by atoms with E-state index < -0.39 is 0 Å². The van der Waals surface area contributed by atoms with Gasteiger partial charge >= 0.3 is 5.97 Å². The van der Waals surface area contributed by atoms with Crippen LogP contribution in [0.3, 0.4) is 0 Å². The first kappa shape index (κ1) is 24.0. The molecule has 1 aliphatic rings. The zero-order valence-corrected chi connectivity index (χ0v) is 20.1. The quantitative estimate of drug-likeness (QED) is 0.419. The van der Waals surface area contributed by atoms with Crippen LogP contribution in [-0.2, 0) is 17.8 Å². The predicted octanol–water partition coefficient (Wildman–Crippen LogP) is 4.37. The molecule has 0 unspecified atom stereocenters. The van der Waals surface area contributed by atoms with Crippen molar-refractivity contribution in [3.8, 4) is 11.1 Å². The van der Waals surface area contributed by atoms with Crippen molar-refractivity contribution in [2.75, 3.05) is 33.3 Å². The number of pyridine rings is 1. The van der Waals surface area contributed by atoms with Crippen molar-refractivity contribution in [1.29, 1.82) is 0 Å². The number of carbonyl (C=O) groups excluding carboxylic acids is 1. The maximum atomic E-state index is 11.7. The van der Waals surface area contributed by atoms with Gasteiger partial charge in [-0.25, -0.2) is 9.78 Å². The molecule has 1 N–H and O–H groups in total. The van der Waals surface area contributed by atoms with E-state index in [0.29, 0.717) is 12.1 Å². The van der Waals surface area contributed by atoms with E-state index in [1.54, 1.807) is 12.1 Å². The minimum Gasteiger partial charge on any atom is -0.465 e. The van der Waals surface area contributed by atoms with Gasteiger partial charge in [-0.2, -0.15) is 0 Å². The standard InChI is InChI=1S/C27H28N4O2.ClH/c1-33-27(32)23-8-4-21(5-9-23)19-31-15-11-25-24(10-12-29-26(25)31)22-6-2-20(3-7-22)18-30-16-13-28-14-17-30;/h2-12,15,28H,13-14,16-19H2,1H3;1H. The second-order valence-corrected chi connectivity index (χ2v) is 8.45. The number of esters is 1. The number of ether oxygens (including phenoxy) is 1. The molecule has 1 fully saturated rings. The summed E-state index contributed by atoms with van der Waals surface area (Å²) in [4.78, 5) is 18.8. The van der Waals surface area contributed by atoms with E-state index in [-0.39, 0.29) is 18.4 Å². The van der Waals surface area contributed by atoms with Crippen LogP contribution in [0.5, 0.6) is 0 Å². The first-order valence-electron chi connectivity index (χ1n) is 11.3.